The lowest BCUT2D eigenvalue weighted by molar-refractivity contribution is 0.0964. The zero-order valence-electron chi connectivity index (χ0n) is 15.0. The van der Waals surface area contributed by atoms with Crippen molar-refractivity contribution in [3.05, 3.63) is 96.2 Å². The van der Waals surface area contributed by atoms with Gasteiger partial charge < -0.3 is 10.6 Å². The fourth-order valence-corrected chi connectivity index (χ4v) is 2.98. The number of carbonyl (C=O) groups is 2. The van der Waals surface area contributed by atoms with E-state index in [0.717, 1.165) is 5.39 Å². The van der Waals surface area contributed by atoms with E-state index in [-0.39, 0.29) is 11.5 Å². The van der Waals surface area contributed by atoms with Crippen molar-refractivity contribution in [1.82, 2.24) is 4.57 Å². The predicted octanol–water partition coefficient (Wildman–Crippen LogP) is 5.25. The molecule has 0 spiro atoms. The molecule has 0 radical (unpaired) electrons. The highest BCUT2D eigenvalue weighted by Crippen LogP contribution is 2.22. The van der Waals surface area contributed by atoms with Gasteiger partial charge in [0.1, 0.15) is 11.6 Å². The third-order valence-corrected chi connectivity index (χ3v) is 4.34. The summed E-state index contributed by atoms with van der Waals surface area (Å²) < 4.78 is 27.8. The number of hydrogen-bond donors (Lipinski definition) is 2. The Kier molecular flexibility index (Phi) is 4.78. The minimum atomic E-state index is -0.481. The molecule has 4 rings (SSSR count). The molecule has 29 heavy (non-hydrogen) atoms. The maximum absolute atomic E-state index is 13.4. The number of carbonyl (C=O) groups excluding carboxylic acids is 2. The molecule has 0 saturated heterocycles. The summed E-state index contributed by atoms with van der Waals surface area (Å²) in [5.41, 5.74) is 1.84. The lowest BCUT2D eigenvalue weighted by Crippen LogP contribution is -2.19. The molecule has 144 valence electrons. The lowest BCUT2D eigenvalue weighted by atomic mass is 10.2. The Morgan fingerprint density at radius 3 is 2.24 bits per heavy atom. The number of aromatic nitrogens is 1. The zero-order valence-corrected chi connectivity index (χ0v) is 15.0. The van der Waals surface area contributed by atoms with Crippen molar-refractivity contribution >= 4 is 34.2 Å². The third-order valence-electron chi connectivity index (χ3n) is 4.34. The van der Waals surface area contributed by atoms with Gasteiger partial charge in [-0.15, -0.1) is 0 Å². The number of urea groups is 1. The molecule has 2 N–H and O–H groups in total. The van der Waals surface area contributed by atoms with Gasteiger partial charge in [-0.25, -0.2) is 13.6 Å². The van der Waals surface area contributed by atoms with Crippen molar-refractivity contribution < 1.29 is 18.4 Å². The lowest BCUT2D eigenvalue weighted by Gasteiger charge is -2.09. The molecular weight excluding hydrogens is 376 g/mol. The summed E-state index contributed by atoms with van der Waals surface area (Å²) in [4.78, 5) is 24.8. The summed E-state index contributed by atoms with van der Waals surface area (Å²) in [6, 6.07) is 17.2. The number of benzene rings is 3. The number of fused-ring (bicyclic) bond motifs is 1. The molecule has 1 heterocycles. The molecule has 3 aromatic carbocycles. The van der Waals surface area contributed by atoms with Gasteiger partial charge in [0, 0.05) is 28.5 Å². The van der Waals surface area contributed by atoms with Crippen LogP contribution in [0.15, 0.2) is 79.0 Å². The number of anilines is 2. The molecule has 2 amide bonds. The van der Waals surface area contributed by atoms with Crippen molar-refractivity contribution in [3.8, 4) is 0 Å². The molecule has 1 aromatic heterocycles. The van der Waals surface area contributed by atoms with Gasteiger partial charge in [-0.1, -0.05) is 6.07 Å². The molecule has 5 nitrogen and oxygen atoms in total. The minimum Gasteiger partial charge on any atom is -0.308 e. The molecule has 4 aromatic rings. The number of amides is 2. The van der Waals surface area contributed by atoms with Crippen LogP contribution in [0.2, 0.25) is 0 Å². The highest BCUT2D eigenvalue weighted by Gasteiger charge is 2.13. The standard InChI is InChI=1S/C22H15F2N3O2/c23-16-4-6-18(7-5-16)25-22(29)26-19-8-9-20-14(13-19)10-11-27(20)21(28)15-2-1-3-17(24)12-15/h1-13H,(H2,25,26,29). The summed E-state index contributed by atoms with van der Waals surface area (Å²) in [6.07, 6.45) is 1.60. The fraction of sp³-hybridized carbons (Fsp3) is 0. The maximum Gasteiger partial charge on any atom is 0.323 e. The highest BCUT2D eigenvalue weighted by atomic mass is 19.1. The smallest absolute Gasteiger partial charge is 0.308 e. The van der Waals surface area contributed by atoms with Crippen LogP contribution in [0.5, 0.6) is 0 Å². The molecule has 0 aliphatic rings. The van der Waals surface area contributed by atoms with Gasteiger partial charge >= 0.3 is 6.03 Å². The predicted molar refractivity (Wildman–Crippen MR) is 107 cm³/mol. The van der Waals surface area contributed by atoms with E-state index in [2.05, 4.69) is 10.6 Å². The van der Waals surface area contributed by atoms with E-state index >= 15 is 0 Å². The second-order valence-electron chi connectivity index (χ2n) is 6.36. The number of halogens is 2. The largest absolute Gasteiger partial charge is 0.323 e. The van der Waals surface area contributed by atoms with Crippen molar-refractivity contribution in [2.24, 2.45) is 0 Å². The Bertz CT molecular complexity index is 1220. The molecule has 0 atom stereocenters. The highest BCUT2D eigenvalue weighted by molar-refractivity contribution is 6.04. The van der Waals surface area contributed by atoms with Crippen molar-refractivity contribution in [3.63, 3.8) is 0 Å². The normalized spacial score (nSPS) is 10.7. The van der Waals surface area contributed by atoms with Gasteiger partial charge in [0.05, 0.1) is 5.52 Å². The van der Waals surface area contributed by atoms with E-state index in [1.54, 1.807) is 36.5 Å². The number of nitrogens with zero attached hydrogens (tertiary/aromatic N) is 1. The quantitative estimate of drug-likeness (QED) is 0.501. The Hall–Kier alpha value is -4.00. The van der Waals surface area contributed by atoms with Crippen LogP contribution >= 0.6 is 0 Å². The molecule has 0 fully saturated rings. The third kappa shape index (κ3) is 3.98. The van der Waals surface area contributed by atoms with Gasteiger partial charge in [-0.05, 0) is 66.7 Å². The van der Waals surface area contributed by atoms with Gasteiger partial charge in [0.15, 0.2) is 0 Å². The van der Waals surface area contributed by atoms with Crippen molar-refractivity contribution in [1.29, 1.82) is 0 Å². The van der Waals surface area contributed by atoms with Crippen LogP contribution in [0, 0.1) is 11.6 Å². The van der Waals surface area contributed by atoms with Crippen LogP contribution in [-0.4, -0.2) is 16.5 Å². The second kappa shape index (κ2) is 7.55. The van der Waals surface area contributed by atoms with Crippen LogP contribution < -0.4 is 10.6 Å². The Morgan fingerprint density at radius 2 is 1.48 bits per heavy atom. The molecule has 0 saturated carbocycles. The van der Waals surface area contributed by atoms with Crippen LogP contribution in [0.3, 0.4) is 0 Å². The first-order valence-corrected chi connectivity index (χ1v) is 8.74. The fourth-order valence-electron chi connectivity index (χ4n) is 2.98. The van der Waals surface area contributed by atoms with E-state index in [1.165, 1.54) is 47.0 Å². The second-order valence-corrected chi connectivity index (χ2v) is 6.36. The topological polar surface area (TPSA) is 63.1 Å². The first-order chi connectivity index (χ1) is 14.0. The average molecular weight is 391 g/mol. The summed E-state index contributed by atoms with van der Waals surface area (Å²) in [7, 11) is 0. The van der Waals surface area contributed by atoms with Crippen LogP contribution in [-0.2, 0) is 0 Å². The molecule has 0 aliphatic carbocycles. The summed E-state index contributed by atoms with van der Waals surface area (Å²) >= 11 is 0. The number of nitrogens with one attached hydrogen (secondary N) is 2. The molecular formula is C22H15F2N3O2. The van der Waals surface area contributed by atoms with Crippen LogP contribution in [0.4, 0.5) is 25.0 Å². The van der Waals surface area contributed by atoms with Crippen LogP contribution in [0.25, 0.3) is 10.9 Å². The Morgan fingerprint density at radius 1 is 0.759 bits per heavy atom. The van der Waals surface area contributed by atoms with E-state index in [0.29, 0.717) is 16.9 Å². The van der Waals surface area contributed by atoms with Crippen molar-refractivity contribution in [2.45, 2.75) is 0 Å². The van der Waals surface area contributed by atoms with Gasteiger partial charge in [-0.2, -0.15) is 0 Å². The minimum absolute atomic E-state index is 0.239. The number of rotatable bonds is 3. The molecule has 0 bridgehead atoms. The van der Waals surface area contributed by atoms with Gasteiger partial charge in [-0.3, -0.25) is 9.36 Å². The first kappa shape index (κ1) is 18.4. The van der Waals surface area contributed by atoms with Crippen molar-refractivity contribution in [2.75, 3.05) is 10.6 Å². The monoisotopic (exact) mass is 391 g/mol. The molecule has 0 unspecified atom stereocenters. The van der Waals surface area contributed by atoms with E-state index < -0.39 is 17.7 Å². The van der Waals surface area contributed by atoms with Gasteiger partial charge in [0.25, 0.3) is 5.91 Å². The Balaban J connectivity index is 1.52. The summed E-state index contributed by atoms with van der Waals surface area (Å²) in [6.45, 7) is 0. The first-order valence-electron chi connectivity index (χ1n) is 8.74. The summed E-state index contributed by atoms with van der Waals surface area (Å²) in [5.74, 6) is -1.22. The van der Waals surface area contributed by atoms with Crippen LogP contribution in [0.1, 0.15) is 10.4 Å². The average Bonchev–Trinajstić information content (AvgIpc) is 3.12. The maximum atomic E-state index is 13.4. The number of hydrogen-bond acceptors (Lipinski definition) is 2. The summed E-state index contributed by atoms with van der Waals surface area (Å²) in [5, 5.41) is 6.02. The molecule has 7 heteroatoms. The zero-order chi connectivity index (χ0) is 20.4. The van der Waals surface area contributed by atoms with E-state index in [4.69, 9.17) is 0 Å². The SMILES string of the molecule is O=C(Nc1ccc(F)cc1)Nc1ccc2c(ccn2C(=O)c2cccc(F)c2)c1. The van der Waals surface area contributed by atoms with E-state index in [1.807, 2.05) is 0 Å². The van der Waals surface area contributed by atoms with Gasteiger partial charge in [0.2, 0.25) is 0 Å². The van der Waals surface area contributed by atoms with E-state index in [9.17, 15) is 18.4 Å². The Labute approximate surface area is 164 Å². The molecule has 0 aliphatic heterocycles.